The Morgan fingerprint density at radius 2 is 1.80 bits per heavy atom. The first-order valence-corrected chi connectivity index (χ1v) is 7.63. The lowest BCUT2D eigenvalue weighted by Gasteiger charge is -2.16. The first-order chi connectivity index (χ1) is 11.3. The molecule has 0 saturated carbocycles. The summed E-state index contributed by atoms with van der Waals surface area (Å²) in [6, 6.07) is 1.37. The summed E-state index contributed by atoms with van der Waals surface area (Å²) in [5.74, 6) is -5.66. The Kier molecular flexibility index (Phi) is 4.92. The van der Waals surface area contributed by atoms with Crippen LogP contribution in [0.15, 0.2) is 17.0 Å². The molecule has 137 valence electrons. The summed E-state index contributed by atoms with van der Waals surface area (Å²) in [6.07, 6.45) is -9.76. The summed E-state index contributed by atoms with van der Waals surface area (Å²) < 4.78 is 101. The molecule has 1 unspecified atom stereocenters. The average molecular weight is 389 g/mol. The van der Waals surface area contributed by atoms with Crippen molar-refractivity contribution in [3.8, 4) is 5.69 Å². The third-order valence-electron chi connectivity index (χ3n) is 2.87. The molecule has 0 aliphatic heterocycles. The molecule has 0 fully saturated rings. The Hall–Kier alpha value is -2.02. The summed E-state index contributed by atoms with van der Waals surface area (Å²) in [6.45, 7) is 1.19. The highest BCUT2D eigenvalue weighted by Gasteiger charge is 2.38. The van der Waals surface area contributed by atoms with Crippen molar-refractivity contribution in [2.24, 2.45) is 0 Å². The Labute approximate surface area is 138 Å². The molecule has 1 atom stereocenters. The van der Waals surface area contributed by atoms with Crippen LogP contribution in [0.2, 0.25) is 0 Å². The number of halogens is 7. The van der Waals surface area contributed by atoms with Crippen LogP contribution in [-0.4, -0.2) is 31.2 Å². The fourth-order valence-electron chi connectivity index (χ4n) is 1.88. The fourth-order valence-corrected chi connectivity index (χ4v) is 2.99. The van der Waals surface area contributed by atoms with Gasteiger partial charge in [0.1, 0.15) is 11.5 Å². The molecule has 1 N–H and O–H groups in total. The Bertz CT molecular complexity index is 787. The third kappa shape index (κ3) is 4.34. The van der Waals surface area contributed by atoms with Gasteiger partial charge in [0.2, 0.25) is 11.7 Å². The monoisotopic (exact) mass is 389 g/mol. The van der Waals surface area contributed by atoms with Crippen molar-refractivity contribution in [2.45, 2.75) is 24.2 Å². The van der Waals surface area contributed by atoms with Gasteiger partial charge in [0, 0.05) is 11.6 Å². The first kappa shape index (κ1) is 19.3. The highest BCUT2D eigenvalue weighted by molar-refractivity contribution is 7.91. The fraction of sp³-hybridized carbons (Fsp3) is 0.333. The summed E-state index contributed by atoms with van der Waals surface area (Å²) in [5.41, 5.74) is 6.50. The quantitative estimate of drug-likeness (QED) is 0.597. The molecule has 0 amide bonds. The van der Waals surface area contributed by atoms with Gasteiger partial charge in [0.15, 0.2) is 4.90 Å². The Morgan fingerprint density at radius 3 is 2.28 bits per heavy atom. The van der Waals surface area contributed by atoms with Crippen LogP contribution in [0, 0.1) is 12.7 Å². The van der Waals surface area contributed by atoms with Gasteiger partial charge < -0.3 is 4.55 Å². The van der Waals surface area contributed by atoms with Crippen LogP contribution in [0.25, 0.3) is 5.69 Å². The molecule has 0 spiro atoms. The number of aromatic nitrogens is 3. The van der Waals surface area contributed by atoms with Crippen LogP contribution in [0.1, 0.15) is 11.4 Å². The number of alkyl halides is 6. The van der Waals surface area contributed by atoms with Crippen molar-refractivity contribution in [3.05, 3.63) is 29.3 Å². The summed E-state index contributed by atoms with van der Waals surface area (Å²) in [4.78, 5) is 2.39. The minimum atomic E-state index is -5.00. The lowest BCUT2D eigenvalue weighted by atomic mass is 10.2. The van der Waals surface area contributed by atoms with E-state index < -0.39 is 57.5 Å². The molecule has 1 aromatic heterocycles. The van der Waals surface area contributed by atoms with Crippen LogP contribution in [0.5, 0.6) is 0 Å². The number of nitrogens with one attached hydrogen (secondary N) is 1. The standard InChI is InChI=1S/C12H8F7N4OS/c1-5-2-6(13)7(3-8(5)25(24)4-11(14,15)16)23-10(20)21-9(22-23)12(17,18)19/h2-3,20H,4H2,1H3. The van der Waals surface area contributed by atoms with Crippen LogP contribution >= 0.6 is 0 Å². The lowest BCUT2D eigenvalue weighted by Crippen LogP contribution is -2.23. The topological polar surface area (TPSA) is 77.6 Å². The van der Waals surface area contributed by atoms with E-state index in [2.05, 4.69) is 10.1 Å². The van der Waals surface area contributed by atoms with Gasteiger partial charge in [0.05, 0.1) is 0 Å². The molecule has 0 aliphatic carbocycles. The Balaban J connectivity index is 2.53. The molecule has 13 heteroatoms. The molecular formula is C12H8F7N4OS. The number of hydrogen-bond donors (Lipinski definition) is 0. The van der Waals surface area contributed by atoms with E-state index in [0.717, 1.165) is 0 Å². The molecule has 2 rings (SSSR count). The van der Waals surface area contributed by atoms with Gasteiger partial charge in [-0.25, -0.2) is 4.39 Å². The Morgan fingerprint density at radius 1 is 1.20 bits per heavy atom. The predicted octanol–water partition coefficient (Wildman–Crippen LogP) is 3.32. The van der Waals surface area contributed by atoms with Crippen molar-refractivity contribution < 1.29 is 35.3 Å². The lowest BCUT2D eigenvalue weighted by molar-refractivity contribution is -0.144. The smallest absolute Gasteiger partial charge is 0.453 e. The van der Waals surface area contributed by atoms with Crippen molar-refractivity contribution in [1.29, 1.82) is 0 Å². The zero-order valence-electron chi connectivity index (χ0n) is 12.2. The van der Waals surface area contributed by atoms with Crippen LogP contribution in [-0.2, 0) is 17.4 Å². The minimum Gasteiger partial charge on any atom is -0.611 e. The van der Waals surface area contributed by atoms with Crippen molar-refractivity contribution in [3.63, 3.8) is 0 Å². The van der Waals surface area contributed by atoms with E-state index in [1.807, 2.05) is 0 Å². The van der Waals surface area contributed by atoms with Gasteiger partial charge in [0.25, 0.3) is 5.82 Å². The zero-order chi connectivity index (χ0) is 19.2. The van der Waals surface area contributed by atoms with Gasteiger partial charge >= 0.3 is 12.4 Å². The molecule has 0 bridgehead atoms. The minimum absolute atomic E-state index is 0.0912. The molecule has 0 aliphatic rings. The second kappa shape index (κ2) is 6.37. The van der Waals surface area contributed by atoms with Gasteiger partial charge in [-0.15, -0.1) is 5.10 Å². The molecule has 1 aromatic carbocycles. The zero-order valence-corrected chi connectivity index (χ0v) is 13.0. The van der Waals surface area contributed by atoms with Crippen molar-refractivity contribution >= 4 is 17.1 Å². The molecule has 1 radical (unpaired) electrons. The SMILES string of the molecule is Cc1cc(F)c(-n2nc(C(F)(F)F)nc2[NH])cc1[S+]([O-])CC(F)(F)F. The van der Waals surface area contributed by atoms with Gasteiger partial charge in [-0.1, -0.05) is 0 Å². The largest absolute Gasteiger partial charge is 0.611 e. The van der Waals surface area contributed by atoms with E-state index in [4.69, 9.17) is 5.73 Å². The van der Waals surface area contributed by atoms with E-state index in [9.17, 15) is 35.3 Å². The van der Waals surface area contributed by atoms with Crippen LogP contribution in [0.4, 0.5) is 36.7 Å². The van der Waals surface area contributed by atoms with E-state index in [1.54, 1.807) is 0 Å². The second-order valence-corrected chi connectivity index (χ2v) is 6.26. The van der Waals surface area contributed by atoms with Crippen molar-refractivity contribution in [1.82, 2.24) is 20.5 Å². The van der Waals surface area contributed by atoms with Crippen LogP contribution < -0.4 is 5.73 Å². The van der Waals surface area contributed by atoms with Gasteiger partial charge in [-0.3, -0.25) is 5.73 Å². The number of benzene rings is 1. The predicted molar refractivity (Wildman–Crippen MR) is 71.1 cm³/mol. The number of aryl methyl sites for hydroxylation is 1. The molecule has 0 saturated heterocycles. The molecule has 1 heterocycles. The van der Waals surface area contributed by atoms with E-state index in [-0.39, 0.29) is 10.2 Å². The third-order valence-corrected chi connectivity index (χ3v) is 4.39. The number of rotatable bonds is 3. The van der Waals surface area contributed by atoms with Gasteiger partial charge in [-0.2, -0.15) is 36.0 Å². The maximum Gasteiger partial charge on any atom is 0.453 e. The van der Waals surface area contributed by atoms with Crippen LogP contribution in [0.3, 0.4) is 0 Å². The molecule has 5 nitrogen and oxygen atoms in total. The average Bonchev–Trinajstić information content (AvgIpc) is 2.78. The molecule has 2 aromatic rings. The highest BCUT2D eigenvalue weighted by atomic mass is 32.2. The summed E-state index contributed by atoms with van der Waals surface area (Å²) in [5, 5.41) is 2.95. The molecule has 25 heavy (non-hydrogen) atoms. The highest BCUT2D eigenvalue weighted by Crippen LogP contribution is 2.31. The van der Waals surface area contributed by atoms with E-state index in [0.29, 0.717) is 12.1 Å². The summed E-state index contributed by atoms with van der Waals surface area (Å²) >= 11 is -2.61. The summed E-state index contributed by atoms with van der Waals surface area (Å²) in [7, 11) is 0. The molecular weight excluding hydrogens is 381 g/mol. The number of nitrogens with zero attached hydrogens (tertiary/aromatic N) is 3. The van der Waals surface area contributed by atoms with Gasteiger partial charge in [-0.05, 0) is 24.2 Å². The second-order valence-electron chi connectivity index (χ2n) is 4.84. The van der Waals surface area contributed by atoms with E-state index >= 15 is 0 Å². The van der Waals surface area contributed by atoms with Crippen molar-refractivity contribution in [2.75, 3.05) is 5.75 Å². The normalized spacial score (nSPS) is 14.0. The number of hydrogen-bond acceptors (Lipinski definition) is 3. The first-order valence-electron chi connectivity index (χ1n) is 6.31. The maximum absolute atomic E-state index is 14.0. The maximum atomic E-state index is 14.0. The van der Waals surface area contributed by atoms with E-state index in [1.165, 1.54) is 6.92 Å².